The molecule has 2 unspecified atom stereocenters. The monoisotopic (exact) mass is 432 g/mol. The molecule has 0 aliphatic carbocycles. The van der Waals surface area contributed by atoms with Crippen LogP contribution >= 0.6 is 0 Å². The van der Waals surface area contributed by atoms with Gasteiger partial charge >= 0.3 is 0 Å². The van der Waals surface area contributed by atoms with Crippen molar-refractivity contribution >= 4 is 21.6 Å². The minimum Gasteiger partial charge on any atom is -0.495 e. The van der Waals surface area contributed by atoms with Crippen LogP contribution in [0.5, 0.6) is 5.75 Å². The van der Waals surface area contributed by atoms with Crippen molar-refractivity contribution in [2.24, 2.45) is 5.92 Å². The van der Waals surface area contributed by atoms with E-state index in [1.54, 1.807) is 19.1 Å². The first-order valence-corrected chi connectivity index (χ1v) is 11.9. The van der Waals surface area contributed by atoms with E-state index in [0.29, 0.717) is 17.4 Å². The predicted octanol–water partition coefficient (Wildman–Crippen LogP) is 4.06. The SMILES string of the molecule is COc1ccc(C)cc1N(C(C)C(=O)NC(CC(C)C)c1ccccc1)S(C)(=O)=O. The maximum Gasteiger partial charge on any atom is 0.244 e. The molecular weight excluding hydrogens is 400 g/mol. The first kappa shape index (κ1) is 23.7. The molecule has 0 bridgehead atoms. The van der Waals surface area contributed by atoms with Crippen LogP contribution in [0.4, 0.5) is 5.69 Å². The lowest BCUT2D eigenvalue weighted by Gasteiger charge is -2.31. The van der Waals surface area contributed by atoms with E-state index in [1.165, 1.54) is 7.11 Å². The highest BCUT2D eigenvalue weighted by Crippen LogP contribution is 2.33. The maximum absolute atomic E-state index is 13.2. The number of carbonyl (C=O) groups excluding carboxylic acids is 1. The standard InChI is InChI=1S/C23H32N2O4S/c1-16(2)14-20(19-10-8-7-9-11-19)24-23(26)18(4)25(30(6,27)28)21-15-17(3)12-13-22(21)29-5/h7-13,15-16,18,20H,14H2,1-6H3,(H,24,26). The highest BCUT2D eigenvalue weighted by molar-refractivity contribution is 7.92. The second kappa shape index (κ2) is 9.98. The van der Waals surface area contributed by atoms with Gasteiger partial charge in [0.25, 0.3) is 0 Å². The summed E-state index contributed by atoms with van der Waals surface area (Å²) in [7, 11) is -2.26. The first-order valence-electron chi connectivity index (χ1n) is 10.0. The molecule has 7 heteroatoms. The van der Waals surface area contributed by atoms with Crippen LogP contribution in [0.15, 0.2) is 48.5 Å². The highest BCUT2D eigenvalue weighted by atomic mass is 32.2. The summed E-state index contributed by atoms with van der Waals surface area (Å²) in [5.74, 6) is 0.389. The number of nitrogens with one attached hydrogen (secondary N) is 1. The zero-order valence-corrected chi connectivity index (χ0v) is 19.4. The van der Waals surface area contributed by atoms with Gasteiger partial charge in [-0.25, -0.2) is 8.42 Å². The Bertz CT molecular complexity index is 958. The molecule has 30 heavy (non-hydrogen) atoms. The summed E-state index contributed by atoms with van der Waals surface area (Å²) in [6.07, 6.45) is 1.84. The number of anilines is 1. The van der Waals surface area contributed by atoms with E-state index in [4.69, 9.17) is 4.74 Å². The van der Waals surface area contributed by atoms with E-state index in [2.05, 4.69) is 19.2 Å². The number of rotatable bonds is 9. The molecule has 0 aliphatic heterocycles. The summed E-state index contributed by atoms with van der Waals surface area (Å²) in [5, 5.41) is 3.05. The van der Waals surface area contributed by atoms with Crippen molar-refractivity contribution in [3.8, 4) is 5.75 Å². The van der Waals surface area contributed by atoms with Gasteiger partial charge in [0.1, 0.15) is 11.8 Å². The van der Waals surface area contributed by atoms with Gasteiger partial charge in [0.05, 0.1) is 25.1 Å². The lowest BCUT2D eigenvalue weighted by Crippen LogP contribution is -2.49. The summed E-state index contributed by atoms with van der Waals surface area (Å²) >= 11 is 0. The summed E-state index contributed by atoms with van der Waals surface area (Å²) in [6, 6.07) is 13.8. The Kier molecular flexibility index (Phi) is 7.89. The van der Waals surface area contributed by atoms with Crippen molar-refractivity contribution < 1.29 is 17.9 Å². The molecule has 0 heterocycles. The Morgan fingerprint density at radius 2 is 1.73 bits per heavy atom. The van der Waals surface area contributed by atoms with Crippen molar-refractivity contribution in [1.29, 1.82) is 0 Å². The van der Waals surface area contributed by atoms with Crippen LogP contribution in [0.2, 0.25) is 0 Å². The lowest BCUT2D eigenvalue weighted by molar-refractivity contribution is -0.122. The van der Waals surface area contributed by atoms with Gasteiger partial charge in [0, 0.05) is 0 Å². The van der Waals surface area contributed by atoms with Crippen LogP contribution in [0.3, 0.4) is 0 Å². The van der Waals surface area contributed by atoms with Crippen LogP contribution in [-0.4, -0.2) is 33.7 Å². The number of hydrogen-bond acceptors (Lipinski definition) is 4. The average Bonchev–Trinajstić information content (AvgIpc) is 2.67. The fraction of sp³-hybridized carbons (Fsp3) is 0.435. The second-order valence-corrected chi connectivity index (χ2v) is 9.87. The third kappa shape index (κ3) is 5.98. The van der Waals surface area contributed by atoms with Crippen LogP contribution in [0.25, 0.3) is 0 Å². The quantitative estimate of drug-likeness (QED) is 0.648. The van der Waals surface area contributed by atoms with Gasteiger partial charge in [-0.3, -0.25) is 9.10 Å². The number of ether oxygens (including phenoxy) is 1. The van der Waals surface area contributed by atoms with Gasteiger partial charge < -0.3 is 10.1 Å². The van der Waals surface area contributed by atoms with E-state index in [1.807, 2.05) is 43.3 Å². The number of methoxy groups -OCH3 is 1. The molecule has 6 nitrogen and oxygen atoms in total. The third-order valence-corrected chi connectivity index (χ3v) is 6.11. The zero-order chi connectivity index (χ0) is 22.5. The van der Waals surface area contributed by atoms with Crippen molar-refractivity contribution in [2.45, 2.75) is 46.2 Å². The number of carbonyl (C=O) groups is 1. The van der Waals surface area contributed by atoms with Gasteiger partial charge in [0.15, 0.2) is 0 Å². The zero-order valence-electron chi connectivity index (χ0n) is 18.5. The fourth-order valence-corrected chi connectivity index (χ4v) is 4.65. The molecular formula is C23H32N2O4S. The fourth-order valence-electron chi connectivity index (χ4n) is 3.48. The number of benzene rings is 2. The van der Waals surface area contributed by atoms with E-state index in [-0.39, 0.29) is 11.9 Å². The van der Waals surface area contributed by atoms with E-state index in [0.717, 1.165) is 28.1 Å². The highest BCUT2D eigenvalue weighted by Gasteiger charge is 2.32. The second-order valence-electron chi connectivity index (χ2n) is 8.01. The molecule has 2 aromatic carbocycles. The molecule has 0 saturated carbocycles. The first-order chi connectivity index (χ1) is 14.0. The third-order valence-electron chi connectivity index (χ3n) is 4.89. The number of amides is 1. The Morgan fingerprint density at radius 3 is 2.27 bits per heavy atom. The molecule has 0 aromatic heterocycles. The summed E-state index contributed by atoms with van der Waals surface area (Å²) in [4.78, 5) is 13.2. The predicted molar refractivity (Wildman–Crippen MR) is 121 cm³/mol. The minimum absolute atomic E-state index is 0.207. The maximum atomic E-state index is 13.2. The molecule has 0 aliphatic rings. The van der Waals surface area contributed by atoms with Crippen LogP contribution in [0, 0.1) is 12.8 Å². The molecule has 0 spiro atoms. The van der Waals surface area contributed by atoms with Crippen molar-refractivity contribution in [1.82, 2.24) is 5.32 Å². The van der Waals surface area contributed by atoms with Crippen LogP contribution in [-0.2, 0) is 14.8 Å². The number of hydrogen-bond donors (Lipinski definition) is 1. The van der Waals surface area contributed by atoms with Gasteiger partial charge in [-0.1, -0.05) is 50.2 Å². The Morgan fingerprint density at radius 1 is 1.10 bits per heavy atom. The Hall–Kier alpha value is -2.54. The van der Waals surface area contributed by atoms with Crippen LogP contribution in [0.1, 0.15) is 44.4 Å². The molecule has 2 rings (SSSR count). The largest absolute Gasteiger partial charge is 0.495 e. The van der Waals surface area contributed by atoms with E-state index in [9.17, 15) is 13.2 Å². The molecule has 0 saturated heterocycles. The summed E-state index contributed by atoms with van der Waals surface area (Å²) in [6.45, 7) is 7.63. The molecule has 0 radical (unpaired) electrons. The topological polar surface area (TPSA) is 75.7 Å². The smallest absolute Gasteiger partial charge is 0.244 e. The average molecular weight is 433 g/mol. The lowest BCUT2D eigenvalue weighted by atomic mass is 9.96. The van der Waals surface area contributed by atoms with E-state index >= 15 is 0 Å². The summed E-state index contributed by atoms with van der Waals surface area (Å²) < 4.78 is 31.9. The van der Waals surface area contributed by atoms with Crippen molar-refractivity contribution in [2.75, 3.05) is 17.7 Å². The number of sulfonamides is 1. The van der Waals surface area contributed by atoms with Crippen LogP contribution < -0.4 is 14.4 Å². The van der Waals surface area contributed by atoms with Gasteiger partial charge in [-0.05, 0) is 49.4 Å². The molecule has 2 aromatic rings. The van der Waals surface area contributed by atoms with Crippen molar-refractivity contribution in [3.05, 3.63) is 59.7 Å². The van der Waals surface area contributed by atoms with Crippen molar-refractivity contribution in [3.63, 3.8) is 0 Å². The molecule has 0 fully saturated rings. The Labute approximate surface area is 180 Å². The van der Waals surface area contributed by atoms with Gasteiger partial charge in [0.2, 0.25) is 15.9 Å². The minimum atomic E-state index is -3.74. The van der Waals surface area contributed by atoms with Gasteiger partial charge in [-0.15, -0.1) is 0 Å². The van der Waals surface area contributed by atoms with Gasteiger partial charge in [-0.2, -0.15) is 0 Å². The molecule has 164 valence electrons. The normalized spacial score (nSPS) is 13.6. The Balaban J connectivity index is 2.39. The molecule has 1 amide bonds. The van der Waals surface area contributed by atoms with E-state index < -0.39 is 16.1 Å². The number of aryl methyl sites for hydroxylation is 1. The summed E-state index contributed by atoms with van der Waals surface area (Å²) in [5.41, 5.74) is 2.21. The molecule has 2 atom stereocenters. The molecule has 1 N–H and O–H groups in total. The number of nitrogens with zero attached hydrogens (tertiary/aromatic N) is 1.